The van der Waals surface area contributed by atoms with Crippen molar-refractivity contribution in [1.82, 2.24) is 15.3 Å². The maximum Gasteiger partial charge on any atom is 0.326 e. The summed E-state index contributed by atoms with van der Waals surface area (Å²) in [5.41, 5.74) is 1.31. The number of aliphatic carboxylic acids is 1. The summed E-state index contributed by atoms with van der Waals surface area (Å²) < 4.78 is 0. The van der Waals surface area contributed by atoms with Crippen LogP contribution in [-0.4, -0.2) is 33.0 Å². The number of carbonyl (C=O) groups is 2. The Hall–Kier alpha value is -3.07. The second-order valence-corrected chi connectivity index (χ2v) is 4.26. The first-order valence-electron chi connectivity index (χ1n) is 6.23. The Morgan fingerprint density at radius 3 is 2.71 bits per heavy atom. The number of rotatable bonds is 4. The number of H-pyrrole nitrogens is 1. The summed E-state index contributed by atoms with van der Waals surface area (Å²) >= 11 is 0. The van der Waals surface area contributed by atoms with Gasteiger partial charge in [-0.25, -0.2) is 9.78 Å². The van der Waals surface area contributed by atoms with Crippen LogP contribution in [0.25, 0.3) is 0 Å². The van der Waals surface area contributed by atoms with Crippen LogP contribution in [0.15, 0.2) is 42.9 Å². The molecular weight excluding hydrogens is 270 g/mol. The summed E-state index contributed by atoms with van der Waals surface area (Å²) in [6.45, 7) is 0. The zero-order valence-corrected chi connectivity index (χ0v) is 11.0. The lowest BCUT2D eigenvalue weighted by molar-refractivity contribution is -0.141. The van der Waals surface area contributed by atoms with Crippen LogP contribution in [-0.2, 0) is 16.0 Å². The normalized spacial score (nSPS) is 11.0. The fraction of sp³-hybridized carbons (Fsp3) is 0.133. The van der Waals surface area contributed by atoms with Crippen molar-refractivity contribution in [3.05, 3.63) is 54.1 Å². The van der Waals surface area contributed by atoms with Crippen molar-refractivity contribution in [2.24, 2.45) is 0 Å². The van der Waals surface area contributed by atoms with Gasteiger partial charge in [-0.1, -0.05) is 24.1 Å². The average Bonchev–Trinajstić information content (AvgIpc) is 2.98. The molecule has 0 bridgehead atoms. The minimum absolute atomic E-state index is 0.119. The van der Waals surface area contributed by atoms with Crippen LogP contribution < -0.4 is 5.32 Å². The summed E-state index contributed by atoms with van der Waals surface area (Å²) in [6, 6.07) is 7.93. The lowest BCUT2D eigenvalue weighted by Gasteiger charge is -2.10. The molecule has 2 rings (SSSR count). The zero-order chi connectivity index (χ0) is 15.1. The number of amides is 1. The van der Waals surface area contributed by atoms with Gasteiger partial charge in [0.1, 0.15) is 6.04 Å². The number of nitrogens with one attached hydrogen (secondary N) is 2. The van der Waals surface area contributed by atoms with E-state index >= 15 is 0 Å². The molecule has 1 aromatic heterocycles. The minimum atomic E-state index is -1.13. The molecule has 0 radical (unpaired) electrons. The number of hydrogen-bond acceptors (Lipinski definition) is 3. The molecule has 0 aliphatic heterocycles. The van der Waals surface area contributed by atoms with E-state index in [1.165, 1.54) is 12.5 Å². The highest BCUT2D eigenvalue weighted by Crippen LogP contribution is 1.99. The molecule has 0 saturated heterocycles. The third-order valence-corrected chi connectivity index (χ3v) is 2.68. The standard InChI is InChI=1S/C15H13N3O3/c19-14(7-6-11-4-2-1-3-5-11)18-13(15(20)21)8-12-9-16-10-17-12/h1-5,9-10,13H,8H2,(H,16,17)(H,18,19)(H,20,21)/t13-/m1/s1. The molecule has 21 heavy (non-hydrogen) atoms. The molecule has 2 aromatic rings. The largest absolute Gasteiger partial charge is 0.480 e. The smallest absolute Gasteiger partial charge is 0.326 e. The molecule has 1 amide bonds. The van der Waals surface area contributed by atoms with Crippen molar-refractivity contribution in [2.45, 2.75) is 12.5 Å². The Morgan fingerprint density at radius 2 is 2.10 bits per heavy atom. The van der Waals surface area contributed by atoms with Crippen molar-refractivity contribution in [1.29, 1.82) is 0 Å². The molecule has 0 unspecified atom stereocenters. The first-order chi connectivity index (χ1) is 10.1. The van der Waals surface area contributed by atoms with Crippen LogP contribution in [0.5, 0.6) is 0 Å². The molecule has 0 fully saturated rings. The molecular formula is C15H13N3O3. The molecule has 1 atom stereocenters. The second-order valence-electron chi connectivity index (χ2n) is 4.26. The number of hydrogen-bond donors (Lipinski definition) is 3. The van der Waals surface area contributed by atoms with Crippen LogP contribution in [0.2, 0.25) is 0 Å². The van der Waals surface area contributed by atoms with Crippen LogP contribution in [0.3, 0.4) is 0 Å². The zero-order valence-electron chi connectivity index (χ0n) is 11.0. The molecule has 6 nitrogen and oxygen atoms in total. The molecule has 0 aliphatic rings. The van der Waals surface area contributed by atoms with Gasteiger partial charge in [-0.15, -0.1) is 0 Å². The summed E-state index contributed by atoms with van der Waals surface area (Å²) in [5, 5.41) is 11.5. The van der Waals surface area contributed by atoms with Gasteiger partial charge in [-0.3, -0.25) is 4.79 Å². The van der Waals surface area contributed by atoms with Crippen LogP contribution in [0.4, 0.5) is 0 Å². The summed E-state index contributed by atoms with van der Waals surface area (Å²) in [7, 11) is 0. The van der Waals surface area contributed by atoms with Crippen LogP contribution in [0.1, 0.15) is 11.3 Å². The predicted molar refractivity (Wildman–Crippen MR) is 75.2 cm³/mol. The molecule has 1 aromatic carbocycles. The van der Waals surface area contributed by atoms with Gasteiger partial charge in [0.05, 0.1) is 6.33 Å². The molecule has 0 saturated carbocycles. The van der Waals surface area contributed by atoms with Gasteiger partial charge in [0, 0.05) is 29.8 Å². The van der Waals surface area contributed by atoms with E-state index in [9.17, 15) is 9.59 Å². The summed E-state index contributed by atoms with van der Waals surface area (Å²) in [5.74, 6) is 3.29. The van der Waals surface area contributed by atoms with Gasteiger partial charge in [-0.2, -0.15) is 0 Å². The Bertz CT molecular complexity index is 669. The maximum atomic E-state index is 11.7. The quantitative estimate of drug-likeness (QED) is 0.715. The van der Waals surface area contributed by atoms with Gasteiger partial charge < -0.3 is 15.4 Å². The van der Waals surface area contributed by atoms with Gasteiger partial charge >= 0.3 is 5.97 Å². The Kier molecular flexibility index (Phi) is 4.72. The Balaban J connectivity index is 1.99. The van der Waals surface area contributed by atoms with E-state index in [0.717, 1.165) is 0 Å². The number of carboxylic acids is 1. The molecule has 3 N–H and O–H groups in total. The summed E-state index contributed by atoms with van der Waals surface area (Å²) in [4.78, 5) is 29.4. The van der Waals surface area contributed by atoms with Crippen LogP contribution >= 0.6 is 0 Å². The predicted octanol–water partition coefficient (Wildman–Crippen LogP) is 0.573. The second kappa shape index (κ2) is 6.91. The Morgan fingerprint density at radius 1 is 1.33 bits per heavy atom. The van der Waals surface area contributed by atoms with E-state index in [-0.39, 0.29) is 6.42 Å². The van der Waals surface area contributed by atoms with E-state index in [0.29, 0.717) is 11.3 Å². The number of benzene rings is 1. The van der Waals surface area contributed by atoms with Gasteiger partial charge in [0.15, 0.2) is 0 Å². The van der Waals surface area contributed by atoms with Crippen molar-refractivity contribution in [3.8, 4) is 11.8 Å². The minimum Gasteiger partial charge on any atom is -0.480 e. The fourth-order valence-electron chi connectivity index (χ4n) is 1.66. The third-order valence-electron chi connectivity index (χ3n) is 2.68. The number of imidazole rings is 1. The fourth-order valence-corrected chi connectivity index (χ4v) is 1.66. The molecule has 106 valence electrons. The number of aromatic amines is 1. The number of aromatic nitrogens is 2. The lowest BCUT2D eigenvalue weighted by Crippen LogP contribution is -2.41. The average molecular weight is 283 g/mol. The first-order valence-corrected chi connectivity index (χ1v) is 6.23. The van der Waals surface area contributed by atoms with E-state index in [1.807, 2.05) is 6.07 Å². The van der Waals surface area contributed by atoms with E-state index in [1.54, 1.807) is 24.3 Å². The van der Waals surface area contributed by atoms with Crippen molar-refractivity contribution in [3.63, 3.8) is 0 Å². The van der Waals surface area contributed by atoms with E-state index in [4.69, 9.17) is 5.11 Å². The summed E-state index contributed by atoms with van der Waals surface area (Å²) in [6.07, 6.45) is 3.08. The van der Waals surface area contributed by atoms with Crippen LogP contribution in [0, 0.1) is 11.8 Å². The first kappa shape index (κ1) is 14.3. The van der Waals surface area contributed by atoms with Crippen molar-refractivity contribution in [2.75, 3.05) is 0 Å². The molecule has 6 heteroatoms. The number of carbonyl (C=O) groups excluding carboxylic acids is 1. The lowest BCUT2D eigenvalue weighted by atomic mass is 10.1. The maximum absolute atomic E-state index is 11.7. The third kappa shape index (κ3) is 4.51. The molecule has 0 aliphatic carbocycles. The van der Waals surface area contributed by atoms with Gasteiger partial charge in [0.2, 0.25) is 0 Å². The van der Waals surface area contributed by atoms with Gasteiger partial charge in [0.25, 0.3) is 5.91 Å². The molecule has 0 spiro atoms. The highest BCUT2D eigenvalue weighted by atomic mass is 16.4. The van der Waals surface area contributed by atoms with Crippen molar-refractivity contribution < 1.29 is 14.7 Å². The van der Waals surface area contributed by atoms with E-state index < -0.39 is 17.9 Å². The molecule has 1 heterocycles. The van der Waals surface area contributed by atoms with E-state index in [2.05, 4.69) is 27.1 Å². The number of nitrogens with zero attached hydrogens (tertiary/aromatic N) is 1. The highest BCUT2D eigenvalue weighted by molar-refractivity contribution is 5.96. The number of carboxylic acid groups (broad SMARTS) is 1. The van der Waals surface area contributed by atoms with Gasteiger partial charge in [-0.05, 0) is 12.1 Å². The topological polar surface area (TPSA) is 95.1 Å². The SMILES string of the molecule is O=C(C#Cc1ccccc1)N[C@H](Cc1cnc[nH]1)C(=O)O. The monoisotopic (exact) mass is 283 g/mol. The Labute approximate surface area is 121 Å². The van der Waals surface area contributed by atoms with Crippen molar-refractivity contribution >= 4 is 11.9 Å². The highest BCUT2D eigenvalue weighted by Gasteiger charge is 2.20.